The normalized spacial score (nSPS) is 20.0. The second-order valence-corrected chi connectivity index (χ2v) is 9.09. The number of ether oxygens (including phenoxy) is 2. The first-order chi connectivity index (χ1) is 18.0. The Balaban J connectivity index is 1.57. The summed E-state index contributed by atoms with van der Waals surface area (Å²) in [5, 5.41) is 11.6. The van der Waals surface area contributed by atoms with Crippen molar-refractivity contribution in [3.63, 3.8) is 0 Å². The summed E-state index contributed by atoms with van der Waals surface area (Å²) in [6.45, 7) is 9.56. The zero-order valence-electron chi connectivity index (χ0n) is 20.8. The van der Waals surface area contributed by atoms with Crippen molar-refractivity contribution in [2.75, 3.05) is 46.0 Å². The number of aromatic nitrogens is 2. The number of hydrogen-bond acceptors (Lipinski definition) is 7. The van der Waals surface area contributed by atoms with Gasteiger partial charge in [-0.15, -0.1) is 0 Å². The fourth-order valence-corrected chi connectivity index (χ4v) is 4.96. The third-order valence-corrected chi connectivity index (χ3v) is 6.79. The number of aryl methyl sites for hydroxylation is 1. The highest BCUT2D eigenvalue weighted by molar-refractivity contribution is 6.46. The van der Waals surface area contributed by atoms with Crippen LogP contribution in [0.1, 0.15) is 23.0 Å². The SMILES string of the molecule is C=CCOc1ccc(C2/C(=C(\O)c3c(C)nc4ccccn34)C(=O)C(=O)N2CCN2CCOCC2)cc1. The number of carbonyl (C=O) groups is 2. The number of likely N-dealkylation sites (tertiary alicyclic amines) is 1. The van der Waals surface area contributed by atoms with Crippen LogP contribution in [-0.4, -0.2) is 82.0 Å². The van der Waals surface area contributed by atoms with Gasteiger partial charge in [0.25, 0.3) is 11.7 Å². The lowest BCUT2D eigenvalue weighted by atomic mass is 9.96. The molecule has 0 radical (unpaired) electrons. The summed E-state index contributed by atoms with van der Waals surface area (Å²) in [5.74, 6) is -0.924. The molecule has 37 heavy (non-hydrogen) atoms. The van der Waals surface area contributed by atoms with Crippen molar-refractivity contribution < 1.29 is 24.2 Å². The molecule has 2 aromatic heterocycles. The van der Waals surface area contributed by atoms with E-state index in [2.05, 4.69) is 16.5 Å². The minimum atomic E-state index is -0.747. The van der Waals surface area contributed by atoms with E-state index in [4.69, 9.17) is 9.47 Å². The first-order valence-electron chi connectivity index (χ1n) is 12.4. The van der Waals surface area contributed by atoms with E-state index in [1.807, 2.05) is 30.3 Å². The molecule has 1 unspecified atom stereocenters. The van der Waals surface area contributed by atoms with Crippen molar-refractivity contribution in [2.24, 2.45) is 0 Å². The van der Waals surface area contributed by atoms with E-state index in [-0.39, 0.29) is 11.3 Å². The van der Waals surface area contributed by atoms with Crippen LogP contribution in [0.4, 0.5) is 0 Å². The number of fused-ring (bicyclic) bond motifs is 1. The highest BCUT2D eigenvalue weighted by Gasteiger charge is 2.46. The first-order valence-corrected chi connectivity index (χ1v) is 12.4. The Morgan fingerprint density at radius 2 is 1.92 bits per heavy atom. The van der Waals surface area contributed by atoms with Crippen molar-refractivity contribution in [1.82, 2.24) is 19.2 Å². The van der Waals surface area contributed by atoms with Crippen LogP contribution in [0.25, 0.3) is 11.4 Å². The van der Waals surface area contributed by atoms with Crippen LogP contribution in [0.2, 0.25) is 0 Å². The third-order valence-electron chi connectivity index (χ3n) is 6.79. The Morgan fingerprint density at radius 1 is 1.16 bits per heavy atom. The number of pyridine rings is 1. The number of imidazole rings is 1. The molecule has 5 rings (SSSR count). The minimum absolute atomic E-state index is 0.0560. The molecule has 1 N–H and O–H groups in total. The van der Waals surface area contributed by atoms with Gasteiger partial charge in [-0.2, -0.15) is 0 Å². The summed E-state index contributed by atoms with van der Waals surface area (Å²) >= 11 is 0. The second kappa shape index (κ2) is 10.6. The van der Waals surface area contributed by atoms with Gasteiger partial charge in [-0.3, -0.25) is 18.9 Å². The zero-order chi connectivity index (χ0) is 25.9. The Bertz CT molecular complexity index is 1350. The van der Waals surface area contributed by atoms with Gasteiger partial charge in [0.15, 0.2) is 5.76 Å². The quantitative estimate of drug-likeness (QED) is 0.219. The molecule has 2 saturated heterocycles. The van der Waals surface area contributed by atoms with E-state index in [9.17, 15) is 14.7 Å². The minimum Gasteiger partial charge on any atom is -0.505 e. The molecule has 3 aromatic rings. The van der Waals surface area contributed by atoms with E-state index < -0.39 is 17.7 Å². The molecule has 9 nitrogen and oxygen atoms in total. The monoisotopic (exact) mass is 502 g/mol. The second-order valence-electron chi connectivity index (χ2n) is 9.09. The van der Waals surface area contributed by atoms with Crippen molar-refractivity contribution >= 4 is 23.1 Å². The number of hydrogen-bond donors (Lipinski definition) is 1. The van der Waals surface area contributed by atoms with E-state index in [1.54, 1.807) is 40.6 Å². The molecule has 1 amide bonds. The molecule has 2 aliphatic heterocycles. The average molecular weight is 503 g/mol. The molecule has 4 heterocycles. The molecule has 0 saturated carbocycles. The number of aliphatic hydroxyl groups is 1. The smallest absolute Gasteiger partial charge is 0.295 e. The molecule has 2 fully saturated rings. The summed E-state index contributed by atoms with van der Waals surface area (Å²) in [5.41, 5.74) is 2.37. The van der Waals surface area contributed by atoms with Crippen LogP contribution >= 0.6 is 0 Å². The summed E-state index contributed by atoms with van der Waals surface area (Å²) < 4.78 is 12.8. The van der Waals surface area contributed by atoms with Gasteiger partial charge in [0.1, 0.15) is 23.7 Å². The van der Waals surface area contributed by atoms with Crippen molar-refractivity contribution in [3.05, 3.63) is 83.8 Å². The average Bonchev–Trinajstić information content (AvgIpc) is 3.39. The number of carbonyl (C=O) groups excluding carboxylic acids is 2. The van der Waals surface area contributed by atoms with Gasteiger partial charge in [0.05, 0.1) is 30.5 Å². The highest BCUT2D eigenvalue weighted by Crippen LogP contribution is 2.40. The number of Topliss-reactive ketones (excluding diaryl/α,β-unsaturated/α-hetero) is 1. The van der Waals surface area contributed by atoms with Gasteiger partial charge >= 0.3 is 0 Å². The molecule has 9 heteroatoms. The third kappa shape index (κ3) is 4.75. The molecule has 192 valence electrons. The predicted molar refractivity (Wildman–Crippen MR) is 138 cm³/mol. The van der Waals surface area contributed by atoms with Gasteiger partial charge in [-0.25, -0.2) is 4.98 Å². The molecular weight excluding hydrogens is 472 g/mol. The standard InChI is InChI=1S/C28H30N4O5/c1-3-16-37-21-9-7-20(8-10-21)25-23(26(33)24-19(2)29-22-6-4-5-11-31(22)24)27(34)28(35)32(25)13-12-30-14-17-36-18-15-30/h3-11,25,33H,1,12-18H2,2H3/b26-23+. The van der Waals surface area contributed by atoms with Crippen LogP contribution in [0.15, 0.2) is 66.9 Å². The van der Waals surface area contributed by atoms with E-state index in [0.29, 0.717) is 61.3 Å². The Morgan fingerprint density at radius 3 is 2.65 bits per heavy atom. The maximum atomic E-state index is 13.4. The van der Waals surface area contributed by atoms with Gasteiger partial charge in [0, 0.05) is 32.4 Å². The maximum absolute atomic E-state index is 13.4. The number of morpholine rings is 1. The van der Waals surface area contributed by atoms with Crippen molar-refractivity contribution in [2.45, 2.75) is 13.0 Å². The largest absolute Gasteiger partial charge is 0.505 e. The number of benzene rings is 1. The molecule has 0 aliphatic carbocycles. The van der Waals surface area contributed by atoms with Gasteiger partial charge < -0.3 is 19.5 Å². The lowest BCUT2D eigenvalue weighted by molar-refractivity contribution is -0.140. The predicted octanol–water partition coefficient (Wildman–Crippen LogP) is 2.96. The molecule has 1 atom stereocenters. The molecule has 0 bridgehead atoms. The van der Waals surface area contributed by atoms with Crippen LogP contribution in [0.3, 0.4) is 0 Å². The number of aliphatic hydroxyl groups excluding tert-OH is 1. The molecule has 0 spiro atoms. The Hall–Kier alpha value is -3.95. The van der Waals surface area contributed by atoms with E-state index in [1.165, 1.54) is 0 Å². The number of nitrogens with zero attached hydrogens (tertiary/aromatic N) is 4. The zero-order valence-corrected chi connectivity index (χ0v) is 20.8. The summed E-state index contributed by atoms with van der Waals surface area (Å²) in [6, 6.07) is 12.0. The highest BCUT2D eigenvalue weighted by atomic mass is 16.5. The summed E-state index contributed by atoms with van der Waals surface area (Å²) in [4.78, 5) is 35.1. The Labute approximate surface area is 215 Å². The van der Waals surface area contributed by atoms with Crippen LogP contribution in [-0.2, 0) is 14.3 Å². The fourth-order valence-electron chi connectivity index (χ4n) is 4.96. The molecule has 1 aromatic carbocycles. The van der Waals surface area contributed by atoms with Gasteiger partial charge in [-0.1, -0.05) is 30.9 Å². The topological polar surface area (TPSA) is 96.6 Å². The fraction of sp³-hybridized carbons (Fsp3) is 0.321. The van der Waals surface area contributed by atoms with Crippen LogP contribution in [0.5, 0.6) is 5.75 Å². The molecular formula is C28H30N4O5. The van der Waals surface area contributed by atoms with Crippen molar-refractivity contribution in [1.29, 1.82) is 0 Å². The summed E-state index contributed by atoms with van der Waals surface area (Å²) in [6.07, 6.45) is 3.44. The number of amides is 1. The number of rotatable bonds is 8. The lowest BCUT2D eigenvalue weighted by Gasteiger charge is -2.31. The number of ketones is 1. The Kier molecular flexibility index (Phi) is 7.07. The van der Waals surface area contributed by atoms with E-state index >= 15 is 0 Å². The lowest BCUT2D eigenvalue weighted by Crippen LogP contribution is -2.42. The van der Waals surface area contributed by atoms with E-state index in [0.717, 1.165) is 13.1 Å². The van der Waals surface area contributed by atoms with Gasteiger partial charge in [-0.05, 0) is 36.8 Å². The van der Waals surface area contributed by atoms with Crippen LogP contribution < -0.4 is 4.74 Å². The van der Waals surface area contributed by atoms with Crippen LogP contribution in [0, 0.1) is 6.92 Å². The maximum Gasteiger partial charge on any atom is 0.295 e. The summed E-state index contributed by atoms with van der Waals surface area (Å²) in [7, 11) is 0. The van der Waals surface area contributed by atoms with Gasteiger partial charge in [0.2, 0.25) is 0 Å². The molecule has 2 aliphatic rings. The van der Waals surface area contributed by atoms with Crippen molar-refractivity contribution in [3.8, 4) is 5.75 Å². The first kappa shape index (κ1) is 24.7.